The molecule has 1 aromatic heterocycles. The highest BCUT2D eigenvalue weighted by atomic mass is 16.2. The van der Waals surface area contributed by atoms with Crippen LogP contribution >= 0.6 is 0 Å². The number of hydrogen-bond acceptors (Lipinski definition) is 3. The Balaban J connectivity index is 1.73. The van der Waals surface area contributed by atoms with Gasteiger partial charge in [-0.1, -0.05) is 26.0 Å². The first-order chi connectivity index (χ1) is 11.1. The van der Waals surface area contributed by atoms with Crippen LogP contribution in [0.3, 0.4) is 0 Å². The summed E-state index contributed by atoms with van der Waals surface area (Å²) in [5.74, 6) is 0.598. The third-order valence-corrected chi connectivity index (χ3v) is 4.24. The van der Waals surface area contributed by atoms with E-state index in [2.05, 4.69) is 48.4 Å². The van der Waals surface area contributed by atoms with Gasteiger partial charge in [-0.25, -0.2) is 0 Å². The first-order valence-electron chi connectivity index (χ1n) is 8.25. The fraction of sp³-hybridized carbons (Fsp3) is 0.368. The number of pyridine rings is 1. The molecule has 1 aliphatic rings. The molecular formula is C19H23N3O. The zero-order chi connectivity index (χ0) is 16.2. The molecule has 3 rings (SSSR count). The smallest absolute Gasteiger partial charge is 0.255 e. The van der Waals surface area contributed by atoms with Crippen molar-refractivity contribution in [2.45, 2.75) is 32.6 Å². The van der Waals surface area contributed by atoms with Gasteiger partial charge in [-0.15, -0.1) is 0 Å². The Kier molecular flexibility index (Phi) is 4.60. The zero-order valence-electron chi connectivity index (χ0n) is 13.7. The molecule has 0 radical (unpaired) electrons. The third-order valence-electron chi connectivity index (χ3n) is 4.24. The molecule has 1 saturated heterocycles. The Morgan fingerprint density at radius 2 is 1.78 bits per heavy atom. The highest BCUT2D eigenvalue weighted by molar-refractivity contribution is 5.95. The number of hydrogen-bond donors (Lipinski definition) is 1. The molecule has 4 nitrogen and oxygen atoms in total. The summed E-state index contributed by atoms with van der Waals surface area (Å²) in [5, 5.41) is 3.32. The predicted molar refractivity (Wildman–Crippen MR) is 93.2 cm³/mol. The number of benzene rings is 1. The summed E-state index contributed by atoms with van der Waals surface area (Å²) in [7, 11) is 0. The van der Waals surface area contributed by atoms with Crippen LogP contribution in [0, 0.1) is 0 Å². The van der Waals surface area contributed by atoms with Gasteiger partial charge >= 0.3 is 0 Å². The van der Waals surface area contributed by atoms with Crippen LogP contribution in [-0.2, 0) is 0 Å². The van der Waals surface area contributed by atoms with Gasteiger partial charge in [0, 0.05) is 25.0 Å². The highest BCUT2D eigenvalue weighted by Crippen LogP contribution is 2.21. The molecule has 0 atom stereocenters. The predicted octanol–water partition coefficient (Wildman–Crippen LogP) is 4.18. The SMILES string of the molecule is CC(C)c1ccc(Nc2cncc(C(=O)N3CCCC3)c2)cc1. The number of rotatable bonds is 4. The van der Waals surface area contributed by atoms with Crippen molar-refractivity contribution in [1.82, 2.24) is 9.88 Å². The minimum Gasteiger partial charge on any atom is -0.354 e. The lowest BCUT2D eigenvalue weighted by Gasteiger charge is -2.15. The highest BCUT2D eigenvalue weighted by Gasteiger charge is 2.19. The number of aromatic nitrogens is 1. The largest absolute Gasteiger partial charge is 0.354 e. The van der Waals surface area contributed by atoms with Crippen LogP contribution in [0.5, 0.6) is 0 Å². The van der Waals surface area contributed by atoms with Crippen LogP contribution < -0.4 is 5.32 Å². The van der Waals surface area contributed by atoms with E-state index in [1.807, 2.05) is 11.0 Å². The summed E-state index contributed by atoms with van der Waals surface area (Å²) in [6.45, 7) is 6.07. The maximum absolute atomic E-state index is 12.4. The Hall–Kier alpha value is -2.36. The molecule has 4 heteroatoms. The second-order valence-electron chi connectivity index (χ2n) is 6.36. The van der Waals surface area contributed by atoms with Crippen molar-refractivity contribution in [2.24, 2.45) is 0 Å². The number of amides is 1. The summed E-state index contributed by atoms with van der Waals surface area (Å²) in [6, 6.07) is 10.2. The molecule has 2 heterocycles. The van der Waals surface area contributed by atoms with Crippen LogP contribution in [0.25, 0.3) is 0 Å². The van der Waals surface area contributed by atoms with Crippen molar-refractivity contribution in [2.75, 3.05) is 18.4 Å². The average Bonchev–Trinajstić information content (AvgIpc) is 3.09. The molecule has 1 amide bonds. The van der Waals surface area contributed by atoms with E-state index in [1.165, 1.54) is 5.56 Å². The van der Waals surface area contributed by atoms with Crippen LogP contribution in [0.4, 0.5) is 11.4 Å². The quantitative estimate of drug-likeness (QED) is 0.921. The molecule has 0 spiro atoms. The van der Waals surface area contributed by atoms with Gasteiger partial charge in [0.05, 0.1) is 17.4 Å². The van der Waals surface area contributed by atoms with E-state index in [-0.39, 0.29) is 5.91 Å². The molecule has 120 valence electrons. The second-order valence-corrected chi connectivity index (χ2v) is 6.36. The van der Waals surface area contributed by atoms with Crippen LogP contribution in [0.1, 0.15) is 48.5 Å². The van der Waals surface area contributed by atoms with E-state index in [4.69, 9.17) is 0 Å². The fourth-order valence-electron chi connectivity index (χ4n) is 2.85. The monoisotopic (exact) mass is 309 g/mol. The minimum absolute atomic E-state index is 0.0776. The van der Waals surface area contributed by atoms with Crippen LogP contribution in [0.15, 0.2) is 42.7 Å². The normalized spacial score (nSPS) is 14.3. The Labute approximate surface area is 137 Å². The van der Waals surface area contributed by atoms with Gasteiger partial charge < -0.3 is 10.2 Å². The number of nitrogens with zero attached hydrogens (tertiary/aromatic N) is 2. The Bertz CT molecular complexity index is 673. The molecule has 1 aliphatic heterocycles. The van der Waals surface area contributed by atoms with E-state index < -0.39 is 0 Å². The van der Waals surface area contributed by atoms with Gasteiger partial charge in [0.1, 0.15) is 0 Å². The van der Waals surface area contributed by atoms with E-state index in [0.717, 1.165) is 37.3 Å². The first kappa shape index (κ1) is 15.5. The van der Waals surface area contributed by atoms with Crippen molar-refractivity contribution >= 4 is 17.3 Å². The first-order valence-corrected chi connectivity index (χ1v) is 8.25. The van der Waals surface area contributed by atoms with Crippen molar-refractivity contribution in [1.29, 1.82) is 0 Å². The summed E-state index contributed by atoms with van der Waals surface area (Å²) in [6.07, 6.45) is 5.59. The van der Waals surface area contributed by atoms with Gasteiger partial charge in [0.2, 0.25) is 0 Å². The molecule has 0 aliphatic carbocycles. The Morgan fingerprint density at radius 3 is 2.43 bits per heavy atom. The lowest BCUT2D eigenvalue weighted by Crippen LogP contribution is -2.27. The van der Waals surface area contributed by atoms with E-state index >= 15 is 0 Å². The van der Waals surface area contributed by atoms with Gasteiger partial charge in [-0.05, 0) is 42.5 Å². The second kappa shape index (κ2) is 6.82. The average molecular weight is 309 g/mol. The summed E-state index contributed by atoms with van der Waals surface area (Å²) in [5.41, 5.74) is 3.80. The standard InChI is InChI=1S/C19H23N3O/c1-14(2)15-5-7-17(8-6-15)21-18-11-16(12-20-13-18)19(23)22-9-3-4-10-22/h5-8,11-14,21H,3-4,9-10H2,1-2H3. The van der Waals surface area contributed by atoms with Crippen molar-refractivity contribution in [3.63, 3.8) is 0 Å². The minimum atomic E-state index is 0.0776. The number of carbonyl (C=O) groups is 1. The molecule has 1 fully saturated rings. The Morgan fingerprint density at radius 1 is 1.09 bits per heavy atom. The summed E-state index contributed by atoms with van der Waals surface area (Å²) >= 11 is 0. The number of likely N-dealkylation sites (tertiary alicyclic amines) is 1. The molecule has 1 N–H and O–H groups in total. The summed E-state index contributed by atoms with van der Waals surface area (Å²) in [4.78, 5) is 18.5. The number of carbonyl (C=O) groups excluding carboxylic acids is 1. The van der Waals surface area contributed by atoms with Crippen molar-refractivity contribution in [3.8, 4) is 0 Å². The maximum atomic E-state index is 12.4. The van der Waals surface area contributed by atoms with Gasteiger partial charge in [-0.2, -0.15) is 0 Å². The van der Waals surface area contributed by atoms with E-state index in [1.54, 1.807) is 12.4 Å². The summed E-state index contributed by atoms with van der Waals surface area (Å²) < 4.78 is 0. The molecule has 2 aromatic rings. The van der Waals surface area contributed by atoms with Crippen molar-refractivity contribution < 1.29 is 4.79 Å². The molecule has 0 saturated carbocycles. The van der Waals surface area contributed by atoms with Crippen LogP contribution in [0.2, 0.25) is 0 Å². The van der Waals surface area contributed by atoms with Crippen LogP contribution in [-0.4, -0.2) is 28.9 Å². The number of nitrogens with one attached hydrogen (secondary N) is 1. The maximum Gasteiger partial charge on any atom is 0.255 e. The molecule has 23 heavy (non-hydrogen) atoms. The van der Waals surface area contributed by atoms with Gasteiger partial charge in [0.25, 0.3) is 5.91 Å². The van der Waals surface area contributed by atoms with Gasteiger partial charge in [0.15, 0.2) is 0 Å². The fourth-order valence-corrected chi connectivity index (χ4v) is 2.85. The lowest BCUT2D eigenvalue weighted by molar-refractivity contribution is 0.0792. The number of anilines is 2. The lowest BCUT2D eigenvalue weighted by atomic mass is 10.0. The molecule has 0 bridgehead atoms. The van der Waals surface area contributed by atoms with E-state index in [0.29, 0.717) is 11.5 Å². The third kappa shape index (κ3) is 3.70. The molecule has 1 aromatic carbocycles. The van der Waals surface area contributed by atoms with Crippen molar-refractivity contribution in [3.05, 3.63) is 53.9 Å². The zero-order valence-corrected chi connectivity index (χ0v) is 13.7. The van der Waals surface area contributed by atoms with E-state index in [9.17, 15) is 4.79 Å². The van der Waals surface area contributed by atoms with Gasteiger partial charge in [-0.3, -0.25) is 9.78 Å². The molecule has 0 unspecified atom stereocenters. The topological polar surface area (TPSA) is 45.2 Å². The molecular weight excluding hydrogens is 286 g/mol.